The van der Waals surface area contributed by atoms with Crippen molar-refractivity contribution in [3.8, 4) is 0 Å². The van der Waals surface area contributed by atoms with Crippen LogP contribution in [0.3, 0.4) is 0 Å². The number of hydrogen-bond donors (Lipinski definition) is 1. The summed E-state index contributed by atoms with van der Waals surface area (Å²) in [5, 5.41) is 15.5. The highest BCUT2D eigenvalue weighted by Crippen LogP contribution is 2.35. The number of aromatic nitrogens is 1. The number of pyridine rings is 1. The second-order valence-electron chi connectivity index (χ2n) is 6.65. The predicted molar refractivity (Wildman–Crippen MR) is 89.8 cm³/mol. The van der Waals surface area contributed by atoms with Crippen molar-refractivity contribution >= 4 is 22.3 Å². The Kier molecular flexibility index (Phi) is 3.41. The minimum absolute atomic E-state index is 0.127. The molecule has 1 aromatic carbocycles. The average Bonchev–Trinajstić information content (AvgIpc) is 3.01. The number of nitro benzene ring substituents is 1. The molecule has 0 aliphatic carbocycles. The number of nitrogens with one attached hydrogen (secondary N) is 1. The van der Waals surface area contributed by atoms with E-state index in [1.807, 2.05) is 6.92 Å². The molecule has 0 radical (unpaired) electrons. The third kappa shape index (κ3) is 2.53. The molecule has 23 heavy (non-hydrogen) atoms. The first-order valence-electron chi connectivity index (χ1n) is 8.13. The molecule has 1 N–H and O–H groups in total. The molecule has 2 unspecified atom stereocenters. The lowest BCUT2D eigenvalue weighted by atomic mass is 9.88. The van der Waals surface area contributed by atoms with E-state index in [0.717, 1.165) is 54.4 Å². The first-order valence-corrected chi connectivity index (χ1v) is 8.13. The third-order valence-corrected chi connectivity index (χ3v) is 5.15. The molecule has 0 amide bonds. The van der Waals surface area contributed by atoms with Crippen LogP contribution in [0.1, 0.15) is 12.1 Å². The summed E-state index contributed by atoms with van der Waals surface area (Å²) in [6.07, 6.45) is 1.18. The third-order valence-electron chi connectivity index (χ3n) is 5.15. The van der Waals surface area contributed by atoms with E-state index >= 15 is 0 Å². The summed E-state index contributed by atoms with van der Waals surface area (Å²) in [4.78, 5) is 17.7. The zero-order chi connectivity index (χ0) is 16.0. The molecule has 2 saturated heterocycles. The lowest BCUT2D eigenvalue weighted by Gasteiger charge is -2.36. The summed E-state index contributed by atoms with van der Waals surface area (Å²) in [6, 6.07) is 7.02. The lowest BCUT2D eigenvalue weighted by Crippen LogP contribution is -2.40. The van der Waals surface area contributed by atoms with Crippen LogP contribution in [-0.4, -0.2) is 36.1 Å². The van der Waals surface area contributed by atoms with Gasteiger partial charge in [0.25, 0.3) is 5.69 Å². The second kappa shape index (κ2) is 5.45. The molecule has 2 fully saturated rings. The van der Waals surface area contributed by atoms with Gasteiger partial charge in [-0.15, -0.1) is 0 Å². The summed E-state index contributed by atoms with van der Waals surface area (Å²) >= 11 is 0. The molecule has 4 rings (SSSR count). The van der Waals surface area contributed by atoms with Gasteiger partial charge in [0.2, 0.25) is 0 Å². The molecule has 6 nitrogen and oxygen atoms in total. The normalized spacial score (nSPS) is 24.0. The van der Waals surface area contributed by atoms with Crippen LogP contribution in [0.5, 0.6) is 0 Å². The molecule has 2 aromatic rings. The maximum atomic E-state index is 11.1. The van der Waals surface area contributed by atoms with E-state index in [0.29, 0.717) is 5.92 Å². The number of piperidine rings is 1. The van der Waals surface area contributed by atoms with Crippen LogP contribution >= 0.6 is 0 Å². The first-order chi connectivity index (χ1) is 11.1. The number of non-ortho nitro benzene ring substituents is 1. The number of benzene rings is 1. The zero-order valence-corrected chi connectivity index (χ0v) is 13.2. The van der Waals surface area contributed by atoms with Gasteiger partial charge in [-0.3, -0.25) is 15.1 Å². The van der Waals surface area contributed by atoms with Crippen molar-refractivity contribution < 1.29 is 4.92 Å². The van der Waals surface area contributed by atoms with E-state index in [4.69, 9.17) is 0 Å². The smallest absolute Gasteiger partial charge is 0.270 e. The standard InChI is InChI=1S/C17H20N4O2/c1-11-6-17(20-5-4-12-8-18-9-13(12)10-20)15-7-14(21(22)23)2-3-16(15)19-11/h2-3,6-7,12-13,18H,4-5,8-10H2,1H3. The highest BCUT2D eigenvalue weighted by molar-refractivity contribution is 5.93. The fraction of sp³-hybridized carbons (Fsp3) is 0.471. The topological polar surface area (TPSA) is 71.3 Å². The van der Waals surface area contributed by atoms with Gasteiger partial charge in [0.1, 0.15) is 0 Å². The van der Waals surface area contributed by atoms with Crippen LogP contribution in [0, 0.1) is 28.9 Å². The minimum atomic E-state index is -0.337. The molecule has 6 heteroatoms. The largest absolute Gasteiger partial charge is 0.371 e. The van der Waals surface area contributed by atoms with Crippen LogP contribution in [0.4, 0.5) is 11.4 Å². The zero-order valence-electron chi connectivity index (χ0n) is 13.2. The molecular weight excluding hydrogens is 292 g/mol. The average molecular weight is 312 g/mol. The number of hydrogen-bond acceptors (Lipinski definition) is 5. The molecule has 2 aliphatic rings. The van der Waals surface area contributed by atoms with E-state index in [2.05, 4.69) is 21.3 Å². The van der Waals surface area contributed by atoms with Gasteiger partial charge in [-0.05, 0) is 50.4 Å². The fourth-order valence-electron chi connectivity index (χ4n) is 3.95. The molecule has 0 spiro atoms. The fourth-order valence-corrected chi connectivity index (χ4v) is 3.95. The van der Waals surface area contributed by atoms with Gasteiger partial charge in [-0.25, -0.2) is 0 Å². The molecule has 3 heterocycles. The minimum Gasteiger partial charge on any atom is -0.371 e. The van der Waals surface area contributed by atoms with E-state index in [1.165, 1.54) is 12.5 Å². The van der Waals surface area contributed by atoms with E-state index < -0.39 is 0 Å². The van der Waals surface area contributed by atoms with E-state index in [9.17, 15) is 10.1 Å². The Balaban J connectivity index is 1.78. The lowest BCUT2D eigenvalue weighted by molar-refractivity contribution is -0.384. The Bertz CT molecular complexity index is 777. The number of anilines is 1. The number of fused-ring (bicyclic) bond motifs is 2. The Labute approximate surface area is 134 Å². The van der Waals surface area contributed by atoms with Gasteiger partial charge in [0, 0.05) is 42.0 Å². The second-order valence-corrected chi connectivity index (χ2v) is 6.65. The number of rotatable bonds is 2. The van der Waals surface area contributed by atoms with Crippen molar-refractivity contribution in [1.82, 2.24) is 10.3 Å². The van der Waals surface area contributed by atoms with Gasteiger partial charge in [0.15, 0.2) is 0 Å². The molecular formula is C17H20N4O2. The van der Waals surface area contributed by atoms with Gasteiger partial charge in [-0.2, -0.15) is 0 Å². The van der Waals surface area contributed by atoms with Crippen LogP contribution in [0.15, 0.2) is 24.3 Å². The van der Waals surface area contributed by atoms with E-state index in [-0.39, 0.29) is 10.6 Å². The highest BCUT2D eigenvalue weighted by Gasteiger charge is 2.33. The quantitative estimate of drug-likeness (QED) is 0.681. The Morgan fingerprint density at radius 2 is 2.13 bits per heavy atom. The van der Waals surface area contributed by atoms with Crippen LogP contribution in [0.25, 0.3) is 10.9 Å². The molecule has 120 valence electrons. The van der Waals surface area contributed by atoms with Gasteiger partial charge >= 0.3 is 0 Å². The monoisotopic (exact) mass is 312 g/mol. The van der Waals surface area contributed by atoms with Gasteiger partial charge in [0.05, 0.1) is 10.4 Å². The molecule has 0 saturated carbocycles. The van der Waals surface area contributed by atoms with Crippen molar-refractivity contribution in [2.24, 2.45) is 11.8 Å². The van der Waals surface area contributed by atoms with Crippen molar-refractivity contribution in [2.45, 2.75) is 13.3 Å². The van der Waals surface area contributed by atoms with Crippen LogP contribution < -0.4 is 10.2 Å². The summed E-state index contributed by atoms with van der Waals surface area (Å²) in [6.45, 7) is 6.20. The molecule has 2 atom stereocenters. The van der Waals surface area contributed by atoms with E-state index in [1.54, 1.807) is 12.1 Å². The summed E-state index contributed by atoms with van der Waals surface area (Å²) in [5.41, 5.74) is 2.99. The maximum absolute atomic E-state index is 11.1. The number of nitro groups is 1. The van der Waals surface area contributed by atoms with Gasteiger partial charge < -0.3 is 10.2 Å². The maximum Gasteiger partial charge on any atom is 0.270 e. The summed E-state index contributed by atoms with van der Waals surface area (Å²) in [7, 11) is 0. The van der Waals surface area contributed by atoms with Crippen LogP contribution in [-0.2, 0) is 0 Å². The van der Waals surface area contributed by atoms with Crippen molar-refractivity contribution in [3.63, 3.8) is 0 Å². The molecule has 1 aromatic heterocycles. The Morgan fingerprint density at radius 3 is 2.96 bits per heavy atom. The Hall–Kier alpha value is -2.21. The van der Waals surface area contributed by atoms with Crippen molar-refractivity contribution in [1.29, 1.82) is 0 Å². The number of nitrogens with zero attached hydrogens (tertiary/aromatic N) is 3. The predicted octanol–water partition coefficient (Wildman–Crippen LogP) is 2.50. The summed E-state index contributed by atoms with van der Waals surface area (Å²) < 4.78 is 0. The first kappa shape index (κ1) is 14.4. The van der Waals surface area contributed by atoms with Crippen molar-refractivity contribution in [2.75, 3.05) is 31.1 Å². The molecule has 2 aliphatic heterocycles. The molecule has 0 bridgehead atoms. The Morgan fingerprint density at radius 1 is 1.30 bits per heavy atom. The van der Waals surface area contributed by atoms with Crippen LogP contribution in [0.2, 0.25) is 0 Å². The highest BCUT2D eigenvalue weighted by atomic mass is 16.6. The van der Waals surface area contributed by atoms with Gasteiger partial charge in [-0.1, -0.05) is 0 Å². The summed E-state index contributed by atoms with van der Waals surface area (Å²) in [5.74, 6) is 1.45. The van der Waals surface area contributed by atoms with Crippen molar-refractivity contribution in [3.05, 3.63) is 40.1 Å². The number of aryl methyl sites for hydroxylation is 1. The SMILES string of the molecule is Cc1cc(N2CCC3CNCC3C2)c2cc([N+](=O)[O-])ccc2n1.